The van der Waals surface area contributed by atoms with Crippen LogP contribution in [0.2, 0.25) is 0 Å². The first kappa shape index (κ1) is 14.0. The molecule has 0 atom stereocenters. The molecule has 1 aliphatic carbocycles. The Bertz CT molecular complexity index is 862. The third-order valence-corrected chi connectivity index (χ3v) is 5.10. The lowest BCUT2D eigenvalue weighted by atomic mass is 10.1. The largest absolute Gasteiger partial charge is 0.383 e. The van der Waals surface area contributed by atoms with Gasteiger partial charge in [0.2, 0.25) is 0 Å². The van der Waals surface area contributed by atoms with Gasteiger partial charge < -0.3 is 14.8 Å². The van der Waals surface area contributed by atoms with Crippen molar-refractivity contribution < 1.29 is 4.52 Å². The van der Waals surface area contributed by atoms with E-state index in [2.05, 4.69) is 62.3 Å². The number of halogens is 1. The van der Waals surface area contributed by atoms with Gasteiger partial charge >= 0.3 is 0 Å². The van der Waals surface area contributed by atoms with Crippen molar-refractivity contribution in [1.82, 2.24) is 19.7 Å². The van der Waals surface area contributed by atoms with Crippen molar-refractivity contribution in [1.29, 1.82) is 0 Å². The molecule has 0 aromatic carbocycles. The van der Waals surface area contributed by atoms with Crippen LogP contribution in [0.3, 0.4) is 0 Å². The molecular weight excluding hydrogens is 393 g/mol. The molecule has 22 heavy (non-hydrogen) atoms. The quantitative estimate of drug-likeness (QED) is 0.667. The summed E-state index contributed by atoms with van der Waals surface area (Å²) in [5.74, 6) is 2.00. The van der Waals surface area contributed by atoms with Gasteiger partial charge in [-0.1, -0.05) is 5.16 Å². The molecule has 0 radical (unpaired) electrons. The molecule has 0 saturated heterocycles. The molecule has 0 spiro atoms. The van der Waals surface area contributed by atoms with Crippen molar-refractivity contribution in [2.45, 2.75) is 38.6 Å². The maximum absolute atomic E-state index is 6.11. The van der Waals surface area contributed by atoms with Gasteiger partial charge in [0.15, 0.2) is 5.76 Å². The Morgan fingerprint density at radius 2 is 2.14 bits per heavy atom. The Balaban J connectivity index is 1.98. The van der Waals surface area contributed by atoms with Crippen molar-refractivity contribution >= 4 is 39.4 Å². The van der Waals surface area contributed by atoms with Gasteiger partial charge in [0.05, 0.1) is 8.96 Å². The summed E-state index contributed by atoms with van der Waals surface area (Å²) in [6.07, 6.45) is 5.92. The van der Waals surface area contributed by atoms with Gasteiger partial charge in [-0.3, -0.25) is 0 Å². The normalized spacial score (nSPS) is 15.1. The molecule has 2 N–H and O–H groups in total. The summed E-state index contributed by atoms with van der Waals surface area (Å²) in [4.78, 5) is 8.55. The monoisotopic (exact) mass is 409 g/mol. The predicted octanol–water partition coefficient (Wildman–Crippen LogP) is 3.73. The molecule has 6 nitrogen and oxygen atoms in total. The molecular formula is C15H16IN5O. The molecule has 0 amide bonds. The molecule has 3 heterocycles. The summed E-state index contributed by atoms with van der Waals surface area (Å²) in [5, 5.41) is 5.16. The van der Waals surface area contributed by atoms with E-state index in [1.165, 1.54) is 19.2 Å². The smallest absolute Gasteiger partial charge is 0.153 e. The van der Waals surface area contributed by atoms with E-state index in [1.54, 1.807) is 0 Å². The highest BCUT2D eigenvalue weighted by Crippen LogP contribution is 2.45. The summed E-state index contributed by atoms with van der Waals surface area (Å²) in [6.45, 7) is 4.23. The van der Waals surface area contributed by atoms with Crippen molar-refractivity contribution in [3.05, 3.63) is 21.9 Å². The van der Waals surface area contributed by atoms with Crippen LogP contribution in [0.15, 0.2) is 17.0 Å². The van der Waals surface area contributed by atoms with Crippen molar-refractivity contribution in [3.8, 4) is 11.3 Å². The first-order chi connectivity index (χ1) is 10.6. The summed E-state index contributed by atoms with van der Waals surface area (Å²) < 4.78 is 8.76. The topological polar surface area (TPSA) is 82.8 Å². The van der Waals surface area contributed by atoms with E-state index >= 15 is 0 Å². The number of anilines is 1. The molecule has 1 fully saturated rings. The van der Waals surface area contributed by atoms with Gasteiger partial charge in [0.25, 0.3) is 0 Å². The van der Waals surface area contributed by atoms with E-state index in [0.29, 0.717) is 11.7 Å². The number of nitrogen functional groups attached to an aromatic ring is 1. The lowest BCUT2D eigenvalue weighted by molar-refractivity contribution is 0.385. The molecule has 114 valence electrons. The molecule has 0 aliphatic heterocycles. The van der Waals surface area contributed by atoms with Crippen LogP contribution >= 0.6 is 22.6 Å². The highest BCUT2D eigenvalue weighted by Gasteiger charge is 2.32. The number of hydrogen-bond acceptors (Lipinski definition) is 5. The highest BCUT2D eigenvalue weighted by atomic mass is 127. The first-order valence-corrected chi connectivity index (χ1v) is 8.42. The van der Waals surface area contributed by atoms with Crippen LogP contribution < -0.4 is 5.73 Å². The number of nitrogens with zero attached hydrogens (tertiary/aromatic N) is 4. The third kappa shape index (κ3) is 2.02. The van der Waals surface area contributed by atoms with Crippen molar-refractivity contribution in [2.75, 3.05) is 5.73 Å². The summed E-state index contributed by atoms with van der Waals surface area (Å²) in [5.41, 5.74) is 8.74. The fourth-order valence-corrected chi connectivity index (χ4v) is 3.67. The Kier molecular flexibility index (Phi) is 3.14. The average Bonchev–Trinajstić information content (AvgIpc) is 3.13. The van der Waals surface area contributed by atoms with E-state index in [-0.39, 0.29) is 6.04 Å². The highest BCUT2D eigenvalue weighted by molar-refractivity contribution is 14.1. The van der Waals surface area contributed by atoms with Crippen LogP contribution in [0.25, 0.3) is 22.3 Å². The minimum atomic E-state index is 0.276. The Morgan fingerprint density at radius 3 is 2.82 bits per heavy atom. The Morgan fingerprint density at radius 1 is 1.36 bits per heavy atom. The second-order valence-corrected chi connectivity index (χ2v) is 7.06. The van der Waals surface area contributed by atoms with Gasteiger partial charge in [-0.2, -0.15) is 0 Å². The zero-order valence-electron chi connectivity index (χ0n) is 12.4. The van der Waals surface area contributed by atoms with Crippen LogP contribution in [0.4, 0.5) is 5.82 Å². The van der Waals surface area contributed by atoms with E-state index in [1.807, 2.05) is 0 Å². The Hall–Kier alpha value is -1.64. The maximum Gasteiger partial charge on any atom is 0.153 e. The van der Waals surface area contributed by atoms with E-state index in [0.717, 1.165) is 31.6 Å². The minimum absolute atomic E-state index is 0.276. The van der Waals surface area contributed by atoms with Crippen LogP contribution in [0.5, 0.6) is 0 Å². The zero-order valence-corrected chi connectivity index (χ0v) is 14.5. The van der Waals surface area contributed by atoms with Crippen molar-refractivity contribution in [2.24, 2.45) is 0 Å². The summed E-state index contributed by atoms with van der Waals surface area (Å²) in [7, 11) is 0. The fourth-order valence-electron chi connectivity index (χ4n) is 2.74. The van der Waals surface area contributed by atoms with Gasteiger partial charge in [0, 0.05) is 23.7 Å². The maximum atomic E-state index is 6.11. The fraction of sp³-hybridized carbons (Fsp3) is 0.400. The lowest BCUT2D eigenvalue weighted by Gasteiger charge is -2.07. The molecule has 3 aromatic rings. The average molecular weight is 409 g/mol. The SMILES string of the molecule is CC(C)n1cc(-c2noc(C3CC3)c2I)c2c(N)ncnc21. The molecule has 1 aliphatic rings. The van der Waals surface area contributed by atoms with Gasteiger partial charge in [-0.15, -0.1) is 0 Å². The number of aromatic nitrogens is 4. The second kappa shape index (κ2) is 4.94. The molecule has 0 unspecified atom stereocenters. The van der Waals surface area contributed by atoms with Crippen molar-refractivity contribution in [3.63, 3.8) is 0 Å². The molecule has 3 aromatic heterocycles. The summed E-state index contributed by atoms with van der Waals surface area (Å²) >= 11 is 2.32. The lowest BCUT2D eigenvalue weighted by Crippen LogP contribution is -2.00. The van der Waals surface area contributed by atoms with Crippen LogP contribution in [0, 0.1) is 3.57 Å². The van der Waals surface area contributed by atoms with Crippen LogP contribution in [-0.4, -0.2) is 19.7 Å². The number of fused-ring (bicyclic) bond motifs is 1. The summed E-state index contributed by atoms with van der Waals surface area (Å²) in [6, 6.07) is 0.276. The Labute approximate surface area is 141 Å². The number of hydrogen-bond donors (Lipinski definition) is 1. The molecule has 1 saturated carbocycles. The third-order valence-electron chi connectivity index (χ3n) is 4.06. The van der Waals surface area contributed by atoms with Crippen LogP contribution in [0.1, 0.15) is 44.4 Å². The second-order valence-electron chi connectivity index (χ2n) is 5.98. The molecule has 0 bridgehead atoms. The number of rotatable bonds is 3. The van der Waals surface area contributed by atoms with E-state index in [9.17, 15) is 0 Å². The number of nitrogens with two attached hydrogens (primary N) is 1. The zero-order chi connectivity index (χ0) is 15.4. The predicted molar refractivity (Wildman–Crippen MR) is 92.5 cm³/mol. The van der Waals surface area contributed by atoms with E-state index < -0.39 is 0 Å². The van der Waals surface area contributed by atoms with Gasteiger partial charge in [-0.05, 0) is 49.3 Å². The van der Waals surface area contributed by atoms with Gasteiger partial charge in [0.1, 0.15) is 23.5 Å². The van der Waals surface area contributed by atoms with E-state index in [4.69, 9.17) is 10.3 Å². The molecule has 7 heteroatoms. The van der Waals surface area contributed by atoms with Gasteiger partial charge in [-0.25, -0.2) is 9.97 Å². The minimum Gasteiger partial charge on any atom is -0.383 e. The molecule has 4 rings (SSSR count). The standard InChI is InChI=1S/C15H16IN5O/c1-7(2)21-5-9(10-14(17)18-6-19-15(10)21)12-11(16)13(22-20-12)8-3-4-8/h5-8H,3-4H2,1-2H3,(H2,17,18,19). The first-order valence-electron chi connectivity index (χ1n) is 7.34. The van der Waals surface area contributed by atoms with Crippen LogP contribution in [-0.2, 0) is 0 Å².